The molecule has 9 heteroatoms. The van der Waals surface area contributed by atoms with Crippen LogP contribution < -0.4 is 10.0 Å². The summed E-state index contributed by atoms with van der Waals surface area (Å²) in [6.07, 6.45) is 2.45. The van der Waals surface area contributed by atoms with Gasteiger partial charge in [0.25, 0.3) is 15.9 Å². The minimum atomic E-state index is -4.17. The molecule has 0 fully saturated rings. The van der Waals surface area contributed by atoms with Crippen LogP contribution in [0.25, 0.3) is 10.8 Å². The number of nitrogens with zero attached hydrogens (tertiary/aromatic N) is 1. The molecule has 2 rings (SSSR count). The number of fused-ring (bicyclic) bond motifs is 1. The topological polar surface area (TPSA) is 114 Å². The van der Waals surface area contributed by atoms with Crippen molar-refractivity contribution in [3.63, 3.8) is 0 Å². The van der Waals surface area contributed by atoms with Crippen molar-refractivity contribution >= 4 is 32.8 Å². The van der Waals surface area contributed by atoms with Gasteiger partial charge in [0.2, 0.25) is 0 Å². The lowest BCUT2D eigenvalue weighted by atomic mass is 10.0. The van der Waals surface area contributed by atoms with Crippen molar-refractivity contribution in [2.24, 2.45) is 5.92 Å². The van der Waals surface area contributed by atoms with Crippen LogP contribution in [0.4, 0.5) is 4.79 Å². The molecular weight excluding hydrogens is 394 g/mol. The van der Waals surface area contributed by atoms with E-state index in [4.69, 9.17) is 4.74 Å². The summed E-state index contributed by atoms with van der Waals surface area (Å²) in [5.41, 5.74) is -0.745. The second kappa shape index (κ2) is 8.77. The van der Waals surface area contributed by atoms with Crippen LogP contribution in [0.1, 0.15) is 41.0 Å². The van der Waals surface area contributed by atoms with Crippen LogP contribution in [0.2, 0.25) is 0 Å². The van der Waals surface area contributed by atoms with E-state index in [2.05, 4.69) is 15.0 Å². The summed E-state index contributed by atoms with van der Waals surface area (Å²) < 4.78 is 33.0. The van der Waals surface area contributed by atoms with Crippen molar-refractivity contribution in [3.05, 3.63) is 36.7 Å². The predicted octanol–water partition coefficient (Wildman–Crippen LogP) is 2.98. The molecule has 0 saturated heterocycles. The molecule has 0 spiro atoms. The predicted molar refractivity (Wildman–Crippen MR) is 110 cm³/mol. The number of hydrogen-bond donors (Lipinski definition) is 2. The number of alkyl carbamates (subject to hydrolysis) is 1. The van der Waals surface area contributed by atoms with Gasteiger partial charge in [-0.15, -0.1) is 0 Å². The van der Waals surface area contributed by atoms with E-state index in [-0.39, 0.29) is 17.2 Å². The first-order valence-electron chi connectivity index (χ1n) is 9.28. The molecule has 1 aromatic carbocycles. The average molecular weight is 422 g/mol. The number of ether oxygens (including phenoxy) is 1. The van der Waals surface area contributed by atoms with E-state index < -0.39 is 33.7 Å². The molecular formula is C20H27N3O5S. The van der Waals surface area contributed by atoms with Crippen molar-refractivity contribution in [1.82, 2.24) is 15.0 Å². The summed E-state index contributed by atoms with van der Waals surface area (Å²) in [6, 6.07) is 5.36. The van der Waals surface area contributed by atoms with Gasteiger partial charge in [0.1, 0.15) is 11.6 Å². The molecule has 0 aliphatic carbocycles. The molecule has 2 N–H and O–H groups in total. The zero-order valence-corrected chi connectivity index (χ0v) is 18.0. The maximum Gasteiger partial charge on any atom is 0.408 e. The first-order valence-corrected chi connectivity index (χ1v) is 10.8. The number of amides is 2. The first kappa shape index (κ1) is 22.6. The van der Waals surface area contributed by atoms with E-state index in [1.54, 1.807) is 45.2 Å². The smallest absolute Gasteiger partial charge is 0.408 e. The summed E-state index contributed by atoms with van der Waals surface area (Å²) in [6.45, 7) is 8.82. The second-order valence-electron chi connectivity index (χ2n) is 8.15. The highest BCUT2D eigenvalue weighted by atomic mass is 32.2. The number of hydrogen-bond acceptors (Lipinski definition) is 6. The Labute approximate surface area is 171 Å². The minimum absolute atomic E-state index is 0.0325. The fourth-order valence-corrected chi connectivity index (χ4v) is 3.97. The Morgan fingerprint density at radius 3 is 2.48 bits per heavy atom. The number of carbonyl (C=O) groups excluding carboxylic acids is 2. The highest BCUT2D eigenvalue weighted by Crippen LogP contribution is 2.22. The van der Waals surface area contributed by atoms with Gasteiger partial charge in [-0.05, 0) is 50.6 Å². The summed E-state index contributed by atoms with van der Waals surface area (Å²) >= 11 is 0. The van der Waals surface area contributed by atoms with Gasteiger partial charge in [0.05, 0.1) is 4.90 Å². The van der Waals surface area contributed by atoms with E-state index >= 15 is 0 Å². The van der Waals surface area contributed by atoms with Gasteiger partial charge in [-0.3, -0.25) is 9.78 Å². The largest absolute Gasteiger partial charge is 0.444 e. The standard InChI is InChI=1S/C20H27N3O5S/c1-13(2)11-16(22-19(25)28-20(3,4)5)18(24)23-29(26,27)17-8-6-7-14-9-10-21-12-15(14)17/h6-10,12-13,16H,11H2,1-5H3,(H,22,25)(H,23,24)/t16-/m0/s1. The van der Waals surface area contributed by atoms with E-state index in [0.29, 0.717) is 10.8 Å². The number of benzene rings is 1. The third-order valence-corrected chi connectivity index (χ3v) is 5.29. The van der Waals surface area contributed by atoms with Crippen LogP contribution in [-0.4, -0.2) is 37.0 Å². The highest BCUT2D eigenvalue weighted by Gasteiger charge is 2.29. The number of pyridine rings is 1. The molecule has 2 aromatic rings. The maximum absolute atomic E-state index is 12.9. The van der Waals surface area contributed by atoms with Gasteiger partial charge >= 0.3 is 6.09 Å². The van der Waals surface area contributed by atoms with E-state index in [9.17, 15) is 18.0 Å². The quantitative estimate of drug-likeness (QED) is 0.741. The second-order valence-corrected chi connectivity index (χ2v) is 9.80. The van der Waals surface area contributed by atoms with Crippen molar-refractivity contribution < 1.29 is 22.7 Å². The van der Waals surface area contributed by atoms with Crippen molar-refractivity contribution in [2.75, 3.05) is 0 Å². The SMILES string of the molecule is CC(C)C[C@H](NC(=O)OC(C)(C)C)C(=O)NS(=O)(=O)c1cccc2ccncc12. The molecule has 0 saturated carbocycles. The van der Waals surface area contributed by atoms with Gasteiger partial charge in [0, 0.05) is 17.8 Å². The zero-order valence-electron chi connectivity index (χ0n) is 17.2. The minimum Gasteiger partial charge on any atom is -0.444 e. The Bertz CT molecular complexity index is 991. The van der Waals surface area contributed by atoms with Gasteiger partial charge in [-0.2, -0.15) is 0 Å². The number of nitrogens with one attached hydrogen (secondary N) is 2. The van der Waals surface area contributed by atoms with Crippen LogP contribution in [-0.2, 0) is 19.6 Å². The molecule has 29 heavy (non-hydrogen) atoms. The summed E-state index contributed by atoms with van der Waals surface area (Å²) in [5, 5.41) is 3.55. The van der Waals surface area contributed by atoms with E-state index in [1.165, 1.54) is 12.3 Å². The van der Waals surface area contributed by atoms with Crippen molar-refractivity contribution in [2.45, 2.75) is 57.6 Å². The summed E-state index contributed by atoms with van der Waals surface area (Å²) in [7, 11) is -4.17. The summed E-state index contributed by atoms with van der Waals surface area (Å²) in [4.78, 5) is 28.7. The third kappa shape index (κ3) is 6.42. The fourth-order valence-electron chi connectivity index (χ4n) is 2.73. The molecule has 1 heterocycles. The Kier molecular flexibility index (Phi) is 6.84. The Balaban J connectivity index is 2.26. The van der Waals surface area contributed by atoms with Crippen molar-refractivity contribution in [3.8, 4) is 0 Å². The van der Waals surface area contributed by atoms with Crippen LogP contribution >= 0.6 is 0 Å². The molecule has 0 aliphatic heterocycles. The lowest BCUT2D eigenvalue weighted by Crippen LogP contribution is -2.50. The van der Waals surface area contributed by atoms with Gasteiger partial charge in [-0.1, -0.05) is 26.0 Å². The molecule has 1 atom stereocenters. The number of aromatic nitrogens is 1. The lowest BCUT2D eigenvalue weighted by molar-refractivity contribution is -0.121. The number of carbonyl (C=O) groups is 2. The molecule has 0 unspecified atom stereocenters. The zero-order chi connectivity index (χ0) is 21.8. The third-order valence-electron chi connectivity index (χ3n) is 3.88. The number of rotatable bonds is 6. The van der Waals surface area contributed by atoms with E-state index in [1.807, 2.05) is 13.8 Å². The maximum atomic E-state index is 12.9. The average Bonchev–Trinajstić information content (AvgIpc) is 2.58. The van der Waals surface area contributed by atoms with Crippen LogP contribution in [0.15, 0.2) is 41.6 Å². The Morgan fingerprint density at radius 1 is 1.17 bits per heavy atom. The molecule has 0 bridgehead atoms. The van der Waals surface area contributed by atoms with Gasteiger partial charge in [-0.25, -0.2) is 17.9 Å². The molecule has 0 radical (unpaired) electrons. The molecule has 158 valence electrons. The fraction of sp³-hybridized carbons (Fsp3) is 0.450. The Hall–Kier alpha value is -2.68. The normalized spacial score (nSPS) is 13.2. The monoisotopic (exact) mass is 421 g/mol. The molecule has 2 amide bonds. The summed E-state index contributed by atoms with van der Waals surface area (Å²) in [5.74, 6) is -0.796. The van der Waals surface area contributed by atoms with Crippen LogP contribution in [0, 0.1) is 5.92 Å². The molecule has 8 nitrogen and oxygen atoms in total. The van der Waals surface area contributed by atoms with Crippen LogP contribution in [0.5, 0.6) is 0 Å². The van der Waals surface area contributed by atoms with Gasteiger partial charge < -0.3 is 10.1 Å². The van der Waals surface area contributed by atoms with Crippen LogP contribution in [0.3, 0.4) is 0 Å². The molecule has 0 aliphatic rings. The van der Waals surface area contributed by atoms with Crippen molar-refractivity contribution in [1.29, 1.82) is 0 Å². The number of sulfonamides is 1. The Morgan fingerprint density at radius 2 is 1.86 bits per heavy atom. The van der Waals surface area contributed by atoms with E-state index in [0.717, 1.165) is 0 Å². The highest BCUT2D eigenvalue weighted by molar-refractivity contribution is 7.90. The lowest BCUT2D eigenvalue weighted by Gasteiger charge is -2.24. The molecule has 1 aromatic heterocycles. The van der Waals surface area contributed by atoms with Gasteiger partial charge in [0.15, 0.2) is 0 Å². The first-order chi connectivity index (χ1) is 13.4.